The Bertz CT molecular complexity index is 570. The molecular weight excluding hydrogens is 290 g/mol. The first kappa shape index (κ1) is 15.3. The molecule has 2 rings (SSSR count). The van der Waals surface area contributed by atoms with Crippen LogP contribution >= 0.6 is 23.4 Å². The lowest BCUT2D eigenvalue weighted by Crippen LogP contribution is -2.21. The van der Waals surface area contributed by atoms with Gasteiger partial charge in [-0.2, -0.15) is 0 Å². The van der Waals surface area contributed by atoms with E-state index in [4.69, 9.17) is 11.6 Å². The van der Waals surface area contributed by atoms with Gasteiger partial charge in [0.05, 0.1) is 5.02 Å². The second-order valence-corrected chi connectivity index (χ2v) is 6.36. The Balaban J connectivity index is 2.07. The maximum atomic E-state index is 6.32. The Kier molecular flexibility index (Phi) is 5.40. The van der Waals surface area contributed by atoms with Crippen LogP contribution in [-0.2, 0) is 6.54 Å². The highest BCUT2D eigenvalue weighted by molar-refractivity contribution is 7.99. The van der Waals surface area contributed by atoms with E-state index < -0.39 is 0 Å². The molecule has 0 spiro atoms. The Morgan fingerprint density at radius 3 is 2.55 bits per heavy atom. The third-order valence-electron chi connectivity index (χ3n) is 2.67. The monoisotopic (exact) mass is 307 g/mol. The Hall–Kier alpha value is -1.10. The number of hydrogen-bond acceptors (Lipinski definition) is 4. The predicted octanol–water partition coefficient (Wildman–Crippen LogP) is 4.09. The summed E-state index contributed by atoms with van der Waals surface area (Å²) in [5, 5.41) is 4.83. The number of nitrogens with one attached hydrogen (secondary N) is 1. The minimum absolute atomic E-state index is 0.462. The second-order valence-electron chi connectivity index (χ2n) is 4.95. The van der Waals surface area contributed by atoms with Gasteiger partial charge in [0.25, 0.3) is 0 Å². The van der Waals surface area contributed by atoms with Crippen LogP contribution in [0.2, 0.25) is 5.02 Å². The number of halogens is 1. The van der Waals surface area contributed by atoms with E-state index in [1.807, 2.05) is 31.5 Å². The highest BCUT2D eigenvalue weighted by Crippen LogP contribution is 2.31. The van der Waals surface area contributed by atoms with Gasteiger partial charge in [-0.1, -0.05) is 31.5 Å². The van der Waals surface area contributed by atoms with E-state index in [0.717, 1.165) is 22.0 Å². The van der Waals surface area contributed by atoms with E-state index >= 15 is 0 Å². The molecule has 5 heteroatoms. The largest absolute Gasteiger partial charge is 0.310 e. The number of nitrogens with zero attached hydrogens (tertiary/aromatic N) is 2. The van der Waals surface area contributed by atoms with Crippen molar-refractivity contribution in [3.05, 3.63) is 46.7 Å². The summed E-state index contributed by atoms with van der Waals surface area (Å²) in [4.78, 5) is 9.53. The Labute approximate surface area is 129 Å². The van der Waals surface area contributed by atoms with Crippen LogP contribution in [0.4, 0.5) is 0 Å². The van der Waals surface area contributed by atoms with Crippen molar-refractivity contribution in [3.8, 4) is 0 Å². The molecule has 0 bridgehead atoms. The lowest BCUT2D eigenvalue weighted by atomic mass is 10.2. The molecule has 2 aromatic rings. The molecular formula is C15H18ClN3S. The van der Waals surface area contributed by atoms with Crippen molar-refractivity contribution in [3.63, 3.8) is 0 Å². The van der Waals surface area contributed by atoms with Crippen LogP contribution in [0, 0.1) is 6.92 Å². The molecule has 0 fully saturated rings. The summed E-state index contributed by atoms with van der Waals surface area (Å²) in [5.41, 5.74) is 2.23. The van der Waals surface area contributed by atoms with Gasteiger partial charge in [-0.25, -0.2) is 9.97 Å². The van der Waals surface area contributed by atoms with Gasteiger partial charge in [0.1, 0.15) is 0 Å². The van der Waals surface area contributed by atoms with Crippen LogP contribution in [0.15, 0.2) is 40.6 Å². The molecule has 106 valence electrons. The van der Waals surface area contributed by atoms with E-state index in [-0.39, 0.29) is 0 Å². The Morgan fingerprint density at radius 1 is 1.25 bits per heavy atom. The summed E-state index contributed by atoms with van der Waals surface area (Å²) in [6.45, 7) is 7.04. The molecule has 0 aliphatic rings. The van der Waals surface area contributed by atoms with E-state index in [2.05, 4.69) is 35.2 Å². The maximum Gasteiger partial charge on any atom is 0.192 e. The SMILES string of the molecule is Cc1cnc(Sc2ccc(CNC(C)C)cc2Cl)nc1. The van der Waals surface area contributed by atoms with E-state index in [9.17, 15) is 0 Å². The maximum absolute atomic E-state index is 6.32. The summed E-state index contributed by atoms with van der Waals surface area (Å²) in [7, 11) is 0. The third-order valence-corrected chi connectivity index (χ3v) is 4.06. The zero-order chi connectivity index (χ0) is 14.5. The van der Waals surface area contributed by atoms with Crippen LogP contribution < -0.4 is 5.32 Å². The number of rotatable bonds is 5. The number of benzene rings is 1. The van der Waals surface area contributed by atoms with Crippen LogP contribution in [0.25, 0.3) is 0 Å². The highest BCUT2D eigenvalue weighted by atomic mass is 35.5. The standard InChI is InChI=1S/C15H18ClN3S/c1-10(2)17-9-12-4-5-14(13(16)6-12)20-15-18-7-11(3)8-19-15/h4-8,10,17H,9H2,1-3H3. The van der Waals surface area contributed by atoms with Crippen molar-refractivity contribution >= 4 is 23.4 Å². The van der Waals surface area contributed by atoms with Crippen LogP contribution in [0.5, 0.6) is 0 Å². The zero-order valence-corrected chi connectivity index (χ0v) is 13.4. The number of aryl methyl sites for hydroxylation is 1. The predicted molar refractivity (Wildman–Crippen MR) is 84.3 cm³/mol. The fourth-order valence-corrected chi connectivity index (χ4v) is 2.61. The molecule has 0 amide bonds. The first-order valence-electron chi connectivity index (χ1n) is 6.53. The zero-order valence-electron chi connectivity index (χ0n) is 11.9. The van der Waals surface area contributed by atoms with Crippen LogP contribution in [-0.4, -0.2) is 16.0 Å². The topological polar surface area (TPSA) is 37.8 Å². The summed E-state index contributed by atoms with van der Waals surface area (Å²) in [6, 6.07) is 6.56. The number of hydrogen-bond donors (Lipinski definition) is 1. The van der Waals surface area contributed by atoms with Crippen molar-refractivity contribution in [1.29, 1.82) is 0 Å². The molecule has 0 radical (unpaired) electrons. The lowest BCUT2D eigenvalue weighted by molar-refractivity contribution is 0.588. The van der Waals surface area contributed by atoms with Crippen LogP contribution in [0.1, 0.15) is 25.0 Å². The molecule has 20 heavy (non-hydrogen) atoms. The second kappa shape index (κ2) is 7.07. The first-order valence-corrected chi connectivity index (χ1v) is 7.72. The van der Waals surface area contributed by atoms with E-state index in [1.165, 1.54) is 17.3 Å². The molecule has 1 aromatic heterocycles. The van der Waals surface area contributed by atoms with Gasteiger partial charge in [0.15, 0.2) is 5.16 Å². The van der Waals surface area contributed by atoms with Crippen molar-refractivity contribution in [1.82, 2.24) is 15.3 Å². The van der Waals surface area contributed by atoms with Crippen molar-refractivity contribution in [2.75, 3.05) is 0 Å². The van der Waals surface area contributed by atoms with Gasteiger partial charge in [-0.3, -0.25) is 0 Å². The van der Waals surface area contributed by atoms with Crippen molar-refractivity contribution < 1.29 is 0 Å². The fourth-order valence-electron chi connectivity index (χ4n) is 1.59. The highest BCUT2D eigenvalue weighted by Gasteiger charge is 2.06. The summed E-state index contributed by atoms with van der Waals surface area (Å²) in [6.07, 6.45) is 3.62. The molecule has 1 heterocycles. The molecule has 0 aliphatic carbocycles. The first-order chi connectivity index (χ1) is 9.54. The minimum atomic E-state index is 0.462. The smallest absolute Gasteiger partial charge is 0.192 e. The van der Waals surface area contributed by atoms with Crippen LogP contribution in [0.3, 0.4) is 0 Å². The average Bonchev–Trinajstić information content (AvgIpc) is 2.41. The van der Waals surface area contributed by atoms with Gasteiger partial charge in [0.2, 0.25) is 0 Å². The van der Waals surface area contributed by atoms with Crippen molar-refractivity contribution in [2.24, 2.45) is 0 Å². The molecule has 0 saturated heterocycles. The van der Waals surface area contributed by atoms with E-state index in [0.29, 0.717) is 11.2 Å². The molecule has 0 atom stereocenters. The molecule has 3 nitrogen and oxygen atoms in total. The summed E-state index contributed by atoms with van der Waals surface area (Å²) < 4.78 is 0. The molecule has 1 aromatic carbocycles. The van der Waals surface area contributed by atoms with Gasteiger partial charge in [-0.15, -0.1) is 0 Å². The molecule has 0 unspecified atom stereocenters. The fraction of sp³-hybridized carbons (Fsp3) is 0.333. The average molecular weight is 308 g/mol. The van der Waals surface area contributed by atoms with Gasteiger partial charge in [-0.05, 0) is 41.9 Å². The van der Waals surface area contributed by atoms with E-state index in [1.54, 1.807) is 0 Å². The van der Waals surface area contributed by atoms with Crippen molar-refractivity contribution in [2.45, 2.75) is 43.4 Å². The molecule has 1 N–H and O–H groups in total. The summed E-state index contributed by atoms with van der Waals surface area (Å²) in [5.74, 6) is 0. The lowest BCUT2D eigenvalue weighted by Gasteiger charge is -2.10. The summed E-state index contributed by atoms with van der Waals surface area (Å²) >= 11 is 7.80. The molecule has 0 saturated carbocycles. The third kappa shape index (κ3) is 4.47. The number of aromatic nitrogens is 2. The normalized spacial score (nSPS) is 11.1. The van der Waals surface area contributed by atoms with Gasteiger partial charge >= 0.3 is 0 Å². The van der Waals surface area contributed by atoms with Gasteiger partial charge in [0, 0.05) is 29.9 Å². The molecule has 0 aliphatic heterocycles. The minimum Gasteiger partial charge on any atom is -0.310 e. The Morgan fingerprint density at radius 2 is 1.95 bits per heavy atom. The van der Waals surface area contributed by atoms with Gasteiger partial charge < -0.3 is 5.32 Å². The quantitative estimate of drug-likeness (QED) is 0.844.